The van der Waals surface area contributed by atoms with Crippen molar-refractivity contribution in [1.29, 1.82) is 0 Å². The number of benzene rings is 2. The normalized spacial score (nSPS) is 7.24. The second-order valence-corrected chi connectivity index (χ2v) is 2.78. The summed E-state index contributed by atoms with van der Waals surface area (Å²) in [5.74, 6) is 0. The van der Waals surface area contributed by atoms with Crippen LogP contribution in [0, 0.1) is 19.4 Å². The van der Waals surface area contributed by atoms with Gasteiger partial charge in [-0.05, 0) is 0 Å². The van der Waals surface area contributed by atoms with E-state index in [1.54, 1.807) is 6.92 Å². The molecule has 2 aromatic carbocycles. The summed E-state index contributed by atoms with van der Waals surface area (Å²) < 4.78 is 0. The van der Waals surface area contributed by atoms with Crippen LogP contribution in [0.1, 0.15) is 19.4 Å². The fraction of sp³-hybridized carbons (Fsp3) is 0.125. The Labute approximate surface area is 119 Å². The van der Waals surface area contributed by atoms with Crippen LogP contribution in [0.5, 0.6) is 0 Å². The maximum Gasteiger partial charge on any atom is 3.00 e. The van der Waals surface area contributed by atoms with Crippen molar-refractivity contribution in [1.82, 2.24) is 0 Å². The van der Waals surface area contributed by atoms with Crippen LogP contribution >= 0.6 is 0 Å². The summed E-state index contributed by atoms with van der Waals surface area (Å²) in [5.41, 5.74) is 1.28. The minimum Gasteiger partial charge on any atom is -0.346 e. The van der Waals surface area contributed by atoms with Gasteiger partial charge in [-0.3, -0.25) is 0 Å². The van der Waals surface area contributed by atoms with E-state index in [9.17, 15) is 0 Å². The first kappa shape index (κ1) is 18.3. The van der Waals surface area contributed by atoms with E-state index in [1.165, 1.54) is 5.56 Å². The fourth-order valence-corrected chi connectivity index (χ4v) is 0.987. The molecule has 0 radical (unpaired) electrons. The molecule has 2 aromatic rings. The molecular weight excluding hydrogens is 295 g/mol. The Morgan fingerprint density at radius 1 is 0.882 bits per heavy atom. The molecule has 0 fully saturated rings. The maximum atomic E-state index is 3.25. The van der Waals surface area contributed by atoms with Gasteiger partial charge in [0.25, 0.3) is 0 Å². The minimum atomic E-state index is 0. The van der Waals surface area contributed by atoms with E-state index >= 15 is 0 Å². The summed E-state index contributed by atoms with van der Waals surface area (Å²) >= 11 is 0. The molecule has 0 nitrogen and oxygen atoms in total. The van der Waals surface area contributed by atoms with Crippen molar-refractivity contribution in [3.63, 3.8) is 0 Å². The van der Waals surface area contributed by atoms with E-state index in [0.29, 0.717) is 0 Å². The monoisotopic (exact) mass is 314 g/mol. The minimum absolute atomic E-state index is 0. The zero-order valence-corrected chi connectivity index (χ0v) is 12.0. The standard InChI is InChI=1S/C8H9.C6H5.C2H5.Rh/c1-2-8-6-4-3-5-7-8;1-2-4-6-5-3-1;1-2;/h2-7H,1H3;1-5H;1H2,2H3;/q3*-1;+3. The summed E-state index contributed by atoms with van der Waals surface area (Å²) in [6.07, 6.45) is 2.08. The summed E-state index contributed by atoms with van der Waals surface area (Å²) in [5, 5.41) is 0. The number of rotatable bonds is 1. The molecule has 0 amide bonds. The van der Waals surface area contributed by atoms with Crippen LogP contribution in [0.15, 0.2) is 60.7 Å². The van der Waals surface area contributed by atoms with Crippen molar-refractivity contribution in [3.8, 4) is 0 Å². The fourth-order valence-electron chi connectivity index (χ4n) is 0.987. The van der Waals surface area contributed by atoms with Crippen molar-refractivity contribution < 1.29 is 19.5 Å². The third-order valence-corrected chi connectivity index (χ3v) is 1.74. The van der Waals surface area contributed by atoms with Crippen molar-refractivity contribution in [2.45, 2.75) is 13.8 Å². The molecule has 1 heteroatoms. The molecule has 0 aromatic heterocycles. The van der Waals surface area contributed by atoms with Gasteiger partial charge in [-0.15, -0.1) is 12.1 Å². The molecular formula is C16H19Rh. The number of hydrogen-bond acceptors (Lipinski definition) is 0. The Bertz CT molecular complexity index is 289. The Hall–Kier alpha value is -1.07. The second kappa shape index (κ2) is 14.9. The van der Waals surface area contributed by atoms with Crippen LogP contribution in [0.4, 0.5) is 0 Å². The predicted octanol–water partition coefficient (Wildman–Crippen LogP) is 4.58. The Kier molecular flexibility index (Phi) is 16.1. The average molecular weight is 314 g/mol. The molecule has 0 aliphatic carbocycles. The maximum absolute atomic E-state index is 3.25. The van der Waals surface area contributed by atoms with E-state index in [1.807, 2.05) is 55.5 Å². The molecule has 0 N–H and O–H groups in total. The predicted molar refractivity (Wildman–Crippen MR) is 71.8 cm³/mol. The molecule has 0 bridgehead atoms. The summed E-state index contributed by atoms with van der Waals surface area (Å²) in [4.78, 5) is 0. The molecule has 92 valence electrons. The molecule has 0 heterocycles. The van der Waals surface area contributed by atoms with E-state index < -0.39 is 0 Å². The zero-order chi connectivity index (χ0) is 12.1. The molecule has 0 atom stereocenters. The summed E-state index contributed by atoms with van der Waals surface area (Å²) in [6.45, 7) is 7.04. The van der Waals surface area contributed by atoms with Crippen molar-refractivity contribution in [2.75, 3.05) is 0 Å². The molecule has 17 heavy (non-hydrogen) atoms. The third kappa shape index (κ3) is 11.2. The van der Waals surface area contributed by atoms with Crippen LogP contribution in [0.3, 0.4) is 0 Å². The third-order valence-electron chi connectivity index (χ3n) is 1.74. The van der Waals surface area contributed by atoms with Crippen LogP contribution < -0.4 is 0 Å². The summed E-state index contributed by atoms with van der Waals surface area (Å²) in [6, 6.07) is 22.8. The van der Waals surface area contributed by atoms with Crippen LogP contribution in [-0.4, -0.2) is 0 Å². The van der Waals surface area contributed by atoms with Crippen molar-refractivity contribution >= 4 is 0 Å². The molecule has 0 spiro atoms. The smallest absolute Gasteiger partial charge is 0.346 e. The van der Waals surface area contributed by atoms with Gasteiger partial charge in [0.1, 0.15) is 0 Å². The molecule has 0 unspecified atom stereocenters. The molecule has 2 rings (SSSR count). The van der Waals surface area contributed by atoms with Gasteiger partial charge >= 0.3 is 19.5 Å². The van der Waals surface area contributed by atoms with Crippen molar-refractivity contribution in [2.24, 2.45) is 0 Å². The largest absolute Gasteiger partial charge is 3.00 e. The first-order valence-corrected chi connectivity index (χ1v) is 5.39. The van der Waals surface area contributed by atoms with Gasteiger partial charge < -0.3 is 6.92 Å². The molecule has 0 aliphatic heterocycles. The Balaban J connectivity index is 0. The molecule has 0 saturated heterocycles. The summed E-state index contributed by atoms with van der Waals surface area (Å²) in [7, 11) is 0. The quantitative estimate of drug-likeness (QED) is 0.534. The van der Waals surface area contributed by atoms with E-state index in [2.05, 4.69) is 31.5 Å². The van der Waals surface area contributed by atoms with Gasteiger partial charge in [0.2, 0.25) is 0 Å². The SMILES string of the molecule is C[CH-]c1ccccc1.[CH2-]C.[Rh+3].[c-]1ccccc1. The Morgan fingerprint density at radius 3 is 1.59 bits per heavy atom. The van der Waals surface area contributed by atoms with E-state index in [-0.39, 0.29) is 19.5 Å². The van der Waals surface area contributed by atoms with Crippen LogP contribution in [0.2, 0.25) is 0 Å². The molecule has 0 aliphatic rings. The first-order chi connectivity index (χ1) is 7.93. The number of hydrogen-bond donors (Lipinski definition) is 0. The van der Waals surface area contributed by atoms with Gasteiger partial charge in [-0.25, -0.2) is 0 Å². The Morgan fingerprint density at radius 2 is 1.35 bits per heavy atom. The topological polar surface area (TPSA) is 0 Å². The average Bonchev–Trinajstić information content (AvgIpc) is 2.44. The first-order valence-electron chi connectivity index (χ1n) is 5.39. The van der Waals surface area contributed by atoms with Gasteiger partial charge in [-0.1, -0.05) is 13.0 Å². The van der Waals surface area contributed by atoms with E-state index in [0.717, 1.165) is 0 Å². The van der Waals surface area contributed by atoms with E-state index in [4.69, 9.17) is 0 Å². The van der Waals surface area contributed by atoms with Crippen molar-refractivity contribution in [3.05, 3.63) is 85.6 Å². The van der Waals surface area contributed by atoms with Crippen LogP contribution in [0.25, 0.3) is 0 Å². The van der Waals surface area contributed by atoms with Crippen LogP contribution in [-0.2, 0) is 19.5 Å². The van der Waals surface area contributed by atoms with Gasteiger partial charge in [0, 0.05) is 0 Å². The zero-order valence-electron chi connectivity index (χ0n) is 10.4. The molecule has 0 saturated carbocycles. The van der Waals surface area contributed by atoms with Gasteiger partial charge in [0.15, 0.2) is 0 Å². The van der Waals surface area contributed by atoms with Gasteiger partial charge in [-0.2, -0.15) is 67.4 Å². The second-order valence-electron chi connectivity index (χ2n) is 2.78. The van der Waals surface area contributed by atoms with Gasteiger partial charge in [0.05, 0.1) is 0 Å².